The van der Waals surface area contributed by atoms with Crippen molar-refractivity contribution in [3.05, 3.63) is 70.5 Å². The summed E-state index contributed by atoms with van der Waals surface area (Å²) >= 11 is 1.10. The van der Waals surface area contributed by atoms with Crippen LogP contribution in [0.5, 0.6) is 0 Å². The highest BCUT2D eigenvalue weighted by Gasteiger charge is 2.12. The number of hydrogen-bond donors (Lipinski definition) is 2. The number of carbonyl (C=O) groups is 2. The molecule has 0 bridgehead atoms. The third-order valence-electron chi connectivity index (χ3n) is 3.82. The molecular formula is C19H18N4O3S. The van der Waals surface area contributed by atoms with E-state index in [0.29, 0.717) is 22.6 Å². The Hall–Kier alpha value is -3.13. The van der Waals surface area contributed by atoms with Crippen molar-refractivity contribution in [1.29, 1.82) is 0 Å². The minimum atomic E-state index is -0.565. The maximum atomic E-state index is 12.3. The van der Waals surface area contributed by atoms with E-state index in [-0.39, 0.29) is 11.3 Å². The molecule has 0 saturated heterocycles. The fraction of sp³-hybridized carbons (Fsp3) is 0.158. The maximum Gasteiger partial charge on any atom is 0.321 e. The molecular weight excluding hydrogens is 364 g/mol. The molecule has 0 aliphatic heterocycles. The summed E-state index contributed by atoms with van der Waals surface area (Å²) in [5.41, 5.74) is 1.33. The second-order valence-corrected chi connectivity index (χ2v) is 6.72. The Labute approximate surface area is 159 Å². The van der Waals surface area contributed by atoms with Gasteiger partial charge in [0.05, 0.1) is 16.7 Å². The summed E-state index contributed by atoms with van der Waals surface area (Å²) < 4.78 is 1.40. The van der Waals surface area contributed by atoms with E-state index in [4.69, 9.17) is 0 Å². The molecule has 138 valence electrons. The minimum absolute atomic E-state index is 0.0304. The number of benzene rings is 2. The van der Waals surface area contributed by atoms with Crippen LogP contribution in [0.4, 0.5) is 4.79 Å². The van der Waals surface area contributed by atoms with Crippen molar-refractivity contribution >= 4 is 34.6 Å². The molecule has 3 amide bonds. The van der Waals surface area contributed by atoms with Crippen LogP contribution < -0.4 is 16.2 Å². The van der Waals surface area contributed by atoms with Gasteiger partial charge < -0.3 is 5.32 Å². The third-order valence-corrected chi connectivity index (χ3v) is 4.85. The molecule has 0 aliphatic carbocycles. The second-order valence-electron chi connectivity index (χ2n) is 5.78. The number of rotatable bonds is 5. The van der Waals surface area contributed by atoms with Crippen molar-refractivity contribution < 1.29 is 9.59 Å². The van der Waals surface area contributed by atoms with Crippen LogP contribution >= 0.6 is 11.8 Å². The van der Waals surface area contributed by atoms with Gasteiger partial charge in [0.1, 0.15) is 0 Å². The first kappa shape index (κ1) is 18.7. The van der Waals surface area contributed by atoms with E-state index in [1.54, 1.807) is 31.3 Å². The molecule has 0 radical (unpaired) electrons. The Morgan fingerprint density at radius 3 is 2.56 bits per heavy atom. The van der Waals surface area contributed by atoms with Crippen LogP contribution in [0.2, 0.25) is 0 Å². The molecule has 0 fully saturated rings. The van der Waals surface area contributed by atoms with Crippen LogP contribution in [0.25, 0.3) is 10.9 Å². The fourth-order valence-corrected chi connectivity index (χ4v) is 3.21. The molecule has 1 aromatic heterocycles. The number of thioether (sulfide) groups is 1. The molecule has 0 unspecified atom stereocenters. The predicted octanol–water partition coefficient (Wildman–Crippen LogP) is 2.05. The number of fused-ring (bicyclic) bond motifs is 1. The lowest BCUT2D eigenvalue weighted by molar-refractivity contribution is -0.117. The molecule has 0 saturated carbocycles. The van der Waals surface area contributed by atoms with Gasteiger partial charge in [0.2, 0.25) is 5.91 Å². The Bertz CT molecular complexity index is 1030. The maximum absolute atomic E-state index is 12.3. The lowest BCUT2D eigenvalue weighted by Crippen LogP contribution is -2.40. The normalized spacial score (nSPS) is 10.6. The molecule has 27 heavy (non-hydrogen) atoms. The number of nitrogens with zero attached hydrogens (tertiary/aromatic N) is 2. The standard InChI is InChI=1S/C19H18N4O3S/c1-23-17(25)14-9-5-6-10-15(14)21-19(23)27-12-16(24)22-18(26)20-11-13-7-3-2-4-8-13/h2-10H,11-12H2,1H3,(H2,20,22,24,26). The van der Waals surface area contributed by atoms with Gasteiger partial charge in [-0.3, -0.25) is 19.5 Å². The summed E-state index contributed by atoms with van der Waals surface area (Å²) in [5, 5.41) is 5.83. The Kier molecular flexibility index (Phi) is 5.87. The first-order chi connectivity index (χ1) is 13.0. The molecule has 2 N–H and O–H groups in total. The van der Waals surface area contributed by atoms with E-state index < -0.39 is 11.9 Å². The number of amides is 3. The van der Waals surface area contributed by atoms with Crippen molar-refractivity contribution in [2.45, 2.75) is 11.7 Å². The quantitative estimate of drug-likeness (QED) is 0.520. The first-order valence-corrected chi connectivity index (χ1v) is 9.23. The van der Waals surface area contributed by atoms with Gasteiger partial charge in [-0.05, 0) is 17.7 Å². The predicted molar refractivity (Wildman–Crippen MR) is 105 cm³/mol. The van der Waals surface area contributed by atoms with Gasteiger partial charge in [-0.25, -0.2) is 9.78 Å². The molecule has 7 nitrogen and oxygen atoms in total. The minimum Gasteiger partial charge on any atom is -0.334 e. The summed E-state index contributed by atoms with van der Waals surface area (Å²) in [4.78, 5) is 40.5. The Morgan fingerprint density at radius 1 is 1.07 bits per heavy atom. The van der Waals surface area contributed by atoms with E-state index in [1.165, 1.54) is 4.57 Å². The van der Waals surface area contributed by atoms with Crippen molar-refractivity contribution in [3.8, 4) is 0 Å². The van der Waals surface area contributed by atoms with Gasteiger partial charge in [-0.2, -0.15) is 0 Å². The highest BCUT2D eigenvalue weighted by molar-refractivity contribution is 7.99. The van der Waals surface area contributed by atoms with Crippen molar-refractivity contribution in [2.75, 3.05) is 5.75 Å². The Morgan fingerprint density at radius 2 is 1.78 bits per heavy atom. The smallest absolute Gasteiger partial charge is 0.321 e. The van der Waals surface area contributed by atoms with E-state index in [2.05, 4.69) is 15.6 Å². The number of imide groups is 1. The fourth-order valence-electron chi connectivity index (χ4n) is 2.44. The van der Waals surface area contributed by atoms with Crippen LogP contribution in [0, 0.1) is 0 Å². The third kappa shape index (κ3) is 4.73. The summed E-state index contributed by atoms with van der Waals surface area (Å²) in [5.74, 6) is -0.495. The number of hydrogen-bond acceptors (Lipinski definition) is 5. The number of urea groups is 1. The largest absolute Gasteiger partial charge is 0.334 e. The average Bonchev–Trinajstić information content (AvgIpc) is 2.69. The zero-order valence-corrected chi connectivity index (χ0v) is 15.5. The summed E-state index contributed by atoms with van der Waals surface area (Å²) in [6.45, 7) is 0.327. The van der Waals surface area contributed by atoms with Crippen LogP contribution in [0.1, 0.15) is 5.56 Å². The second kappa shape index (κ2) is 8.50. The highest BCUT2D eigenvalue weighted by atomic mass is 32.2. The van der Waals surface area contributed by atoms with Crippen LogP contribution in [0.15, 0.2) is 64.5 Å². The average molecular weight is 382 g/mol. The number of aromatic nitrogens is 2. The monoisotopic (exact) mass is 382 g/mol. The molecule has 3 rings (SSSR count). The van der Waals surface area contributed by atoms with Gasteiger partial charge in [0.15, 0.2) is 5.16 Å². The van der Waals surface area contributed by atoms with Crippen LogP contribution in [-0.4, -0.2) is 27.2 Å². The topological polar surface area (TPSA) is 93.1 Å². The zero-order chi connectivity index (χ0) is 19.2. The molecule has 2 aromatic carbocycles. The van der Waals surface area contributed by atoms with E-state index in [9.17, 15) is 14.4 Å². The van der Waals surface area contributed by atoms with E-state index in [1.807, 2.05) is 30.3 Å². The zero-order valence-electron chi connectivity index (χ0n) is 14.6. The van der Waals surface area contributed by atoms with Crippen molar-refractivity contribution in [2.24, 2.45) is 7.05 Å². The van der Waals surface area contributed by atoms with Crippen LogP contribution in [0.3, 0.4) is 0 Å². The lowest BCUT2D eigenvalue weighted by Gasteiger charge is -2.09. The summed E-state index contributed by atoms with van der Waals surface area (Å²) in [7, 11) is 1.61. The number of carbonyl (C=O) groups excluding carboxylic acids is 2. The van der Waals surface area contributed by atoms with E-state index in [0.717, 1.165) is 17.3 Å². The van der Waals surface area contributed by atoms with E-state index >= 15 is 0 Å². The molecule has 3 aromatic rings. The Balaban J connectivity index is 1.56. The first-order valence-electron chi connectivity index (χ1n) is 8.25. The molecule has 8 heteroatoms. The highest BCUT2D eigenvalue weighted by Crippen LogP contribution is 2.16. The molecule has 1 heterocycles. The van der Waals surface area contributed by atoms with Gasteiger partial charge >= 0.3 is 6.03 Å². The summed E-state index contributed by atoms with van der Waals surface area (Å²) in [6, 6.07) is 15.9. The lowest BCUT2D eigenvalue weighted by atomic mass is 10.2. The van der Waals surface area contributed by atoms with Gasteiger partial charge in [-0.15, -0.1) is 0 Å². The number of para-hydroxylation sites is 1. The molecule has 0 atom stereocenters. The number of nitrogens with one attached hydrogen (secondary N) is 2. The SMILES string of the molecule is Cn1c(SCC(=O)NC(=O)NCc2ccccc2)nc2ccccc2c1=O. The van der Waals surface area contributed by atoms with Crippen molar-refractivity contribution in [3.63, 3.8) is 0 Å². The summed E-state index contributed by atoms with van der Waals surface area (Å²) in [6.07, 6.45) is 0. The van der Waals surface area contributed by atoms with Gasteiger partial charge in [0.25, 0.3) is 5.56 Å². The van der Waals surface area contributed by atoms with Crippen molar-refractivity contribution in [1.82, 2.24) is 20.2 Å². The molecule has 0 aliphatic rings. The van der Waals surface area contributed by atoms with Gasteiger partial charge in [0, 0.05) is 13.6 Å². The molecule has 0 spiro atoms. The van der Waals surface area contributed by atoms with Gasteiger partial charge in [-0.1, -0.05) is 54.2 Å². The van der Waals surface area contributed by atoms with Crippen LogP contribution in [-0.2, 0) is 18.4 Å².